The van der Waals surface area contributed by atoms with E-state index in [2.05, 4.69) is 21.3 Å². The molecule has 0 aliphatic carbocycles. The molecule has 0 bridgehead atoms. The third kappa shape index (κ3) is 36.7. The van der Waals surface area contributed by atoms with Gasteiger partial charge in [0, 0.05) is 34.1 Å². The molecule has 0 atom stereocenters. The van der Waals surface area contributed by atoms with E-state index in [1.54, 1.807) is 121 Å². The number of esters is 6. The highest BCUT2D eigenvalue weighted by atomic mass is 16.6. The van der Waals surface area contributed by atoms with Crippen molar-refractivity contribution in [3.8, 4) is 34.5 Å². The summed E-state index contributed by atoms with van der Waals surface area (Å²) in [6.07, 6.45) is 0. The molecule has 0 aliphatic heterocycles. The van der Waals surface area contributed by atoms with Gasteiger partial charge in [0.15, 0.2) is 39.6 Å². The molecule has 0 saturated heterocycles. The Bertz CT molecular complexity index is 3800. The summed E-state index contributed by atoms with van der Waals surface area (Å²) in [6, 6.07) is 57.5. The summed E-state index contributed by atoms with van der Waals surface area (Å²) in [5.41, 5.74) is 16.3. The van der Waals surface area contributed by atoms with E-state index in [1.807, 2.05) is 60.7 Å². The van der Waals surface area contributed by atoms with Crippen LogP contribution in [0.5, 0.6) is 34.5 Å². The zero-order valence-corrected chi connectivity index (χ0v) is 58.2. The van der Waals surface area contributed by atoms with Crippen LogP contribution in [0.15, 0.2) is 206 Å². The Kier molecular flexibility index (Phi) is 37.6. The third-order valence-corrected chi connectivity index (χ3v) is 13.3. The highest BCUT2D eigenvalue weighted by molar-refractivity contribution is 5.93. The van der Waals surface area contributed by atoms with Crippen LogP contribution in [0.3, 0.4) is 0 Å². The number of nitrogens with two attached hydrogens (primary N) is 2. The number of ether oxygens (including phenoxy) is 14. The zero-order chi connectivity index (χ0) is 77.4. The highest BCUT2D eigenvalue weighted by Gasteiger charge is 2.14. The largest absolute Gasteiger partial charge is 0.482 e. The first kappa shape index (κ1) is 83.6. The summed E-state index contributed by atoms with van der Waals surface area (Å²) in [4.78, 5) is 117. The van der Waals surface area contributed by atoms with Crippen LogP contribution >= 0.6 is 0 Å². The van der Waals surface area contributed by atoms with E-state index in [0.717, 1.165) is 11.1 Å². The van der Waals surface area contributed by atoms with Crippen molar-refractivity contribution < 1.29 is 124 Å². The topological polar surface area (TPSA) is 441 Å². The van der Waals surface area contributed by atoms with E-state index in [-0.39, 0.29) is 104 Å². The quantitative estimate of drug-likeness (QED) is 0.00938. The summed E-state index contributed by atoms with van der Waals surface area (Å²) < 4.78 is 72.2. The number of amides is 4. The Morgan fingerprint density at radius 2 is 0.463 bits per heavy atom. The molecule has 8 aromatic carbocycles. The lowest BCUT2D eigenvalue weighted by atomic mass is 10.2. The molecule has 0 fully saturated rings. The Labute approximate surface area is 619 Å². The molecule has 570 valence electrons. The smallest absolute Gasteiger partial charge is 0.344 e. The molecule has 0 unspecified atom stereocenters. The van der Waals surface area contributed by atoms with Crippen molar-refractivity contribution in [1.29, 1.82) is 0 Å². The number of benzene rings is 8. The van der Waals surface area contributed by atoms with Crippen molar-refractivity contribution in [2.75, 3.05) is 138 Å². The van der Waals surface area contributed by atoms with Crippen molar-refractivity contribution in [1.82, 2.24) is 0 Å². The molecule has 8 rings (SSSR count). The number of carbonyl (C=O) groups excluding carboxylic acids is 10. The average molecular weight is 1490 g/mol. The van der Waals surface area contributed by atoms with E-state index in [4.69, 9.17) is 88.0 Å². The monoisotopic (exact) mass is 1490 g/mol. The Morgan fingerprint density at radius 3 is 0.676 bits per heavy atom. The molecule has 8 aromatic rings. The van der Waals surface area contributed by atoms with E-state index >= 15 is 0 Å². The van der Waals surface area contributed by atoms with Gasteiger partial charge in [-0.2, -0.15) is 0 Å². The molecule has 0 spiro atoms. The fourth-order valence-corrected chi connectivity index (χ4v) is 8.17. The second-order valence-electron chi connectivity index (χ2n) is 21.8. The summed E-state index contributed by atoms with van der Waals surface area (Å²) in [5, 5.41) is 27.7. The van der Waals surface area contributed by atoms with E-state index in [9.17, 15) is 47.9 Å². The number of carbonyl (C=O) groups is 10. The summed E-state index contributed by atoms with van der Waals surface area (Å²) in [7, 11) is 0. The SMILES string of the molecule is Nc1ccc(OCC(=O)OCCOC(=O)COc2ccc(N)cc2)cc1.O=C(CO)Nc1ccc(OCC(=O)OCCOC(=O)COc2ccc(NC(=O)CO)cc2)cc1.O=C(COCc1ccccc1)Nc1ccc(OCC(=O)OCCOC(=O)COc2ccc(NC(=O)COCc3ccccc3)cc2)cc1. The van der Waals surface area contributed by atoms with Crippen molar-refractivity contribution in [2.24, 2.45) is 0 Å². The predicted octanol–water partition coefficient (Wildman–Crippen LogP) is 6.03. The lowest BCUT2D eigenvalue weighted by molar-refractivity contribution is -0.154. The second kappa shape index (κ2) is 48.6. The number of hydrogen-bond donors (Lipinski definition) is 8. The highest BCUT2D eigenvalue weighted by Crippen LogP contribution is 2.21. The number of aliphatic hydroxyl groups is 2. The van der Waals surface area contributed by atoms with Gasteiger partial charge in [-0.15, -0.1) is 0 Å². The maximum atomic E-state index is 12.1. The first-order valence-corrected chi connectivity index (χ1v) is 32.8. The number of nitrogens with one attached hydrogen (secondary N) is 4. The summed E-state index contributed by atoms with van der Waals surface area (Å²) in [6.45, 7) is -3.52. The van der Waals surface area contributed by atoms with Crippen LogP contribution in [-0.4, -0.2) is 175 Å². The fraction of sp³-hybridized carbons (Fsp3) is 0.237. The number of nitrogen functional groups attached to an aromatic ring is 2. The summed E-state index contributed by atoms with van der Waals surface area (Å²) in [5.74, 6) is -2.94. The minimum Gasteiger partial charge on any atom is -0.482 e. The molecule has 0 saturated carbocycles. The normalized spacial score (nSPS) is 10.2. The molecule has 4 amide bonds. The maximum absolute atomic E-state index is 12.1. The van der Waals surface area contributed by atoms with Gasteiger partial charge in [0.1, 0.15) is 101 Å². The predicted molar refractivity (Wildman–Crippen MR) is 387 cm³/mol. The number of aliphatic hydroxyl groups excluding tert-OH is 2. The van der Waals surface area contributed by atoms with E-state index in [1.165, 1.54) is 24.3 Å². The second-order valence-corrected chi connectivity index (χ2v) is 21.8. The molecule has 0 heterocycles. The average Bonchev–Trinajstić information content (AvgIpc) is 0.938. The molecule has 0 aromatic heterocycles. The van der Waals surface area contributed by atoms with Crippen molar-refractivity contribution in [3.63, 3.8) is 0 Å². The van der Waals surface area contributed by atoms with Crippen LogP contribution in [0.1, 0.15) is 11.1 Å². The van der Waals surface area contributed by atoms with Crippen LogP contribution in [0.2, 0.25) is 0 Å². The van der Waals surface area contributed by atoms with Crippen molar-refractivity contribution >= 4 is 93.6 Å². The van der Waals surface area contributed by atoms with Crippen LogP contribution in [0.25, 0.3) is 0 Å². The standard InChI is InChI=1S/C36H36N2O10.C22H24N2O10.C18H20N2O6/c39-33(23-43-21-27-7-3-1-4-8-27)37-29-11-15-31(16-12-29)47-25-35(41)45-19-20-46-36(42)26-48-32-17-13-30(14-18-32)38-34(40)24-44-22-28-9-5-2-6-10-28;25-11-19(27)23-15-1-5-17(6-2-15)33-13-21(29)31-9-10-32-22(30)14-34-18-7-3-16(4-8-18)24-20(28)12-26;19-13-1-5-15(6-2-13)25-11-17(21)23-9-10-24-18(22)12-26-16-7-3-14(20)4-8-16/h1-18H,19-26H2,(H,37,39)(H,38,40);1-8,25-26H,9-14H2,(H,23,27)(H,24,28);1-8H,9-12,19-20H2. The number of anilines is 6. The van der Waals surface area contributed by atoms with Crippen LogP contribution in [0.4, 0.5) is 34.1 Å². The third-order valence-electron chi connectivity index (χ3n) is 13.3. The Morgan fingerprint density at radius 1 is 0.259 bits per heavy atom. The van der Waals surface area contributed by atoms with Gasteiger partial charge in [0.25, 0.3) is 0 Å². The van der Waals surface area contributed by atoms with Gasteiger partial charge >= 0.3 is 35.8 Å². The zero-order valence-electron chi connectivity index (χ0n) is 58.2. The minimum atomic E-state index is -0.668. The lowest BCUT2D eigenvalue weighted by Crippen LogP contribution is -2.21. The number of hydrogen-bond acceptors (Lipinski definition) is 28. The summed E-state index contributed by atoms with van der Waals surface area (Å²) >= 11 is 0. The van der Waals surface area contributed by atoms with Gasteiger partial charge in [-0.25, -0.2) is 28.8 Å². The first-order chi connectivity index (χ1) is 52.3. The van der Waals surface area contributed by atoms with Crippen LogP contribution in [-0.2, 0) is 99.1 Å². The van der Waals surface area contributed by atoms with Gasteiger partial charge in [0.2, 0.25) is 23.6 Å². The molecular formula is C76H80N6O26. The minimum absolute atomic E-state index is 0.0719. The van der Waals surface area contributed by atoms with Gasteiger partial charge < -0.3 is 109 Å². The molecular weight excluding hydrogens is 1410 g/mol. The fourth-order valence-electron chi connectivity index (χ4n) is 8.17. The van der Waals surface area contributed by atoms with E-state index in [0.29, 0.717) is 81.8 Å². The Hall–Kier alpha value is -13.3. The first-order valence-electron chi connectivity index (χ1n) is 32.8. The van der Waals surface area contributed by atoms with Crippen molar-refractivity contribution in [3.05, 3.63) is 217 Å². The van der Waals surface area contributed by atoms with Crippen LogP contribution < -0.4 is 61.2 Å². The molecule has 10 N–H and O–H groups in total. The van der Waals surface area contributed by atoms with Gasteiger partial charge in [-0.1, -0.05) is 60.7 Å². The van der Waals surface area contributed by atoms with Crippen LogP contribution in [0, 0.1) is 0 Å². The Balaban J connectivity index is 0.000000267. The van der Waals surface area contributed by atoms with Crippen molar-refractivity contribution in [2.45, 2.75) is 13.2 Å². The lowest BCUT2D eigenvalue weighted by Gasteiger charge is -2.10. The number of rotatable bonds is 41. The molecule has 32 nitrogen and oxygen atoms in total. The van der Waals surface area contributed by atoms with E-state index < -0.39 is 60.8 Å². The molecule has 0 aliphatic rings. The van der Waals surface area contributed by atoms with Gasteiger partial charge in [-0.05, 0) is 157 Å². The maximum Gasteiger partial charge on any atom is 0.344 e. The van der Waals surface area contributed by atoms with Gasteiger partial charge in [-0.3, -0.25) is 19.2 Å². The molecule has 0 radical (unpaired) electrons. The molecule has 108 heavy (non-hydrogen) atoms. The van der Waals surface area contributed by atoms with Gasteiger partial charge in [0.05, 0.1) is 13.2 Å². The molecule has 32 heteroatoms.